The summed E-state index contributed by atoms with van der Waals surface area (Å²) >= 11 is 0. The van der Waals surface area contributed by atoms with E-state index in [1.807, 2.05) is 40.7 Å². The number of rotatable bonds is 2. The second kappa shape index (κ2) is 6.01. The third-order valence-electron chi connectivity index (χ3n) is 4.94. The Morgan fingerprint density at radius 3 is 2.77 bits per heavy atom. The number of nitrogens with one attached hydrogen (secondary N) is 1. The Hall–Kier alpha value is -3.09. The molecule has 1 unspecified atom stereocenters. The van der Waals surface area contributed by atoms with E-state index in [4.69, 9.17) is 0 Å². The summed E-state index contributed by atoms with van der Waals surface area (Å²) in [6.07, 6.45) is 3.55. The number of carbonyl (C=O) groups excluding carboxylic acids is 2. The Morgan fingerprint density at radius 1 is 1.23 bits per heavy atom. The van der Waals surface area contributed by atoms with Gasteiger partial charge in [0.15, 0.2) is 0 Å². The fourth-order valence-corrected chi connectivity index (χ4v) is 3.50. The topological polar surface area (TPSA) is 74.2 Å². The first-order chi connectivity index (χ1) is 12.5. The average Bonchev–Trinajstić information content (AvgIpc) is 3.25. The van der Waals surface area contributed by atoms with Crippen molar-refractivity contribution in [1.82, 2.24) is 24.3 Å². The second-order valence-electron chi connectivity index (χ2n) is 6.80. The number of aromatic amines is 1. The van der Waals surface area contributed by atoms with Crippen LogP contribution in [0.3, 0.4) is 0 Å². The molecule has 1 atom stereocenters. The summed E-state index contributed by atoms with van der Waals surface area (Å²) in [7, 11) is 3.41. The number of imidazole rings is 1. The fraction of sp³-hybridized carbons (Fsp3) is 0.316. The van der Waals surface area contributed by atoms with E-state index in [2.05, 4.69) is 9.97 Å². The molecular weight excluding hydrogens is 330 g/mol. The third kappa shape index (κ3) is 2.47. The van der Waals surface area contributed by atoms with Crippen molar-refractivity contribution in [2.45, 2.75) is 19.5 Å². The molecule has 0 saturated heterocycles. The molecule has 0 fully saturated rings. The standard InChI is InChI=1S/C19H21N5O2/c1-12-17-21-16(19(26)22(2)3)11-23(17)8-9-24(12)18(25)14-10-20-15-7-5-4-6-13(14)15/h4-7,10-12,20H,8-9H2,1-3H3. The van der Waals surface area contributed by atoms with E-state index >= 15 is 0 Å². The molecule has 0 spiro atoms. The van der Waals surface area contributed by atoms with Crippen LogP contribution in [0.2, 0.25) is 0 Å². The van der Waals surface area contributed by atoms with Crippen LogP contribution in [0.25, 0.3) is 10.9 Å². The SMILES string of the molecule is CC1c2nc(C(=O)N(C)C)cn2CCN1C(=O)c1c[nH]c2ccccc12. The molecule has 0 bridgehead atoms. The Balaban J connectivity index is 1.66. The van der Waals surface area contributed by atoms with Gasteiger partial charge in [0, 0.05) is 50.5 Å². The molecule has 7 nitrogen and oxygen atoms in total. The van der Waals surface area contributed by atoms with Crippen molar-refractivity contribution >= 4 is 22.7 Å². The van der Waals surface area contributed by atoms with Crippen LogP contribution in [0.15, 0.2) is 36.7 Å². The minimum absolute atomic E-state index is 0.0234. The van der Waals surface area contributed by atoms with Gasteiger partial charge in [-0.2, -0.15) is 0 Å². The monoisotopic (exact) mass is 351 g/mol. The molecule has 1 aliphatic rings. The molecule has 1 N–H and O–H groups in total. The van der Waals surface area contributed by atoms with Gasteiger partial charge in [-0.1, -0.05) is 18.2 Å². The lowest BCUT2D eigenvalue weighted by Gasteiger charge is -2.33. The predicted molar refractivity (Wildman–Crippen MR) is 98.0 cm³/mol. The van der Waals surface area contributed by atoms with Gasteiger partial charge < -0.3 is 19.4 Å². The van der Waals surface area contributed by atoms with Crippen LogP contribution in [-0.2, 0) is 6.54 Å². The number of fused-ring (bicyclic) bond motifs is 2. The number of H-pyrrole nitrogens is 1. The van der Waals surface area contributed by atoms with Gasteiger partial charge in [-0.3, -0.25) is 9.59 Å². The van der Waals surface area contributed by atoms with Crippen LogP contribution in [0.5, 0.6) is 0 Å². The smallest absolute Gasteiger partial charge is 0.273 e. The molecule has 2 amide bonds. The zero-order valence-electron chi connectivity index (χ0n) is 15.1. The summed E-state index contributed by atoms with van der Waals surface area (Å²) in [4.78, 5) is 36.3. The van der Waals surface area contributed by atoms with E-state index in [1.54, 1.807) is 26.5 Å². The second-order valence-corrected chi connectivity index (χ2v) is 6.80. The van der Waals surface area contributed by atoms with Crippen molar-refractivity contribution in [2.75, 3.05) is 20.6 Å². The first kappa shape index (κ1) is 16.4. The normalized spacial score (nSPS) is 16.6. The molecule has 0 aliphatic carbocycles. The maximum absolute atomic E-state index is 13.1. The highest BCUT2D eigenvalue weighted by Gasteiger charge is 2.32. The molecule has 4 rings (SSSR count). The maximum Gasteiger partial charge on any atom is 0.273 e. The number of amides is 2. The number of aromatic nitrogens is 3. The average molecular weight is 351 g/mol. The van der Waals surface area contributed by atoms with Gasteiger partial charge in [0.05, 0.1) is 11.6 Å². The van der Waals surface area contributed by atoms with E-state index in [0.717, 1.165) is 16.7 Å². The van der Waals surface area contributed by atoms with E-state index in [-0.39, 0.29) is 17.9 Å². The van der Waals surface area contributed by atoms with Gasteiger partial charge in [0.25, 0.3) is 11.8 Å². The van der Waals surface area contributed by atoms with Crippen LogP contribution in [0.1, 0.15) is 39.6 Å². The first-order valence-corrected chi connectivity index (χ1v) is 8.63. The quantitative estimate of drug-likeness (QED) is 0.770. The predicted octanol–water partition coefficient (Wildman–Crippen LogP) is 2.28. The molecule has 3 aromatic rings. The molecule has 0 radical (unpaired) electrons. The summed E-state index contributed by atoms with van der Waals surface area (Å²) < 4.78 is 1.97. The van der Waals surface area contributed by atoms with Crippen molar-refractivity contribution in [3.8, 4) is 0 Å². The van der Waals surface area contributed by atoms with Gasteiger partial charge >= 0.3 is 0 Å². The van der Waals surface area contributed by atoms with Crippen molar-refractivity contribution in [1.29, 1.82) is 0 Å². The highest BCUT2D eigenvalue weighted by atomic mass is 16.2. The van der Waals surface area contributed by atoms with Crippen LogP contribution in [0.4, 0.5) is 0 Å². The highest BCUT2D eigenvalue weighted by molar-refractivity contribution is 6.06. The number of nitrogens with zero attached hydrogens (tertiary/aromatic N) is 4. The minimum Gasteiger partial charge on any atom is -0.360 e. The minimum atomic E-state index is -0.200. The number of hydrogen-bond acceptors (Lipinski definition) is 3. The van der Waals surface area contributed by atoms with Crippen molar-refractivity contribution < 1.29 is 9.59 Å². The molecule has 2 aromatic heterocycles. The summed E-state index contributed by atoms with van der Waals surface area (Å²) in [6.45, 7) is 3.16. The molecule has 0 saturated carbocycles. The van der Waals surface area contributed by atoms with Crippen LogP contribution in [0, 0.1) is 0 Å². The molecule has 7 heteroatoms. The van der Waals surface area contributed by atoms with Gasteiger partial charge in [-0.25, -0.2) is 4.98 Å². The largest absolute Gasteiger partial charge is 0.360 e. The Labute approximate surface area is 151 Å². The van der Waals surface area contributed by atoms with Crippen molar-refractivity contribution in [3.05, 3.63) is 53.7 Å². The zero-order chi connectivity index (χ0) is 18.4. The Bertz CT molecular complexity index is 1000. The van der Waals surface area contributed by atoms with Crippen molar-refractivity contribution in [2.24, 2.45) is 0 Å². The van der Waals surface area contributed by atoms with Crippen LogP contribution in [-0.4, -0.2) is 56.8 Å². The maximum atomic E-state index is 13.1. The molecule has 3 heterocycles. The Morgan fingerprint density at radius 2 is 2.00 bits per heavy atom. The lowest BCUT2D eigenvalue weighted by atomic mass is 10.1. The van der Waals surface area contributed by atoms with Crippen LogP contribution < -0.4 is 0 Å². The number of para-hydroxylation sites is 1. The van der Waals surface area contributed by atoms with E-state index in [1.165, 1.54) is 4.90 Å². The number of hydrogen-bond donors (Lipinski definition) is 1. The zero-order valence-corrected chi connectivity index (χ0v) is 15.1. The summed E-state index contributed by atoms with van der Waals surface area (Å²) in [6, 6.07) is 7.57. The van der Waals surface area contributed by atoms with E-state index in [0.29, 0.717) is 24.3 Å². The number of benzene rings is 1. The third-order valence-corrected chi connectivity index (χ3v) is 4.94. The first-order valence-electron chi connectivity index (χ1n) is 8.63. The van der Waals surface area contributed by atoms with Gasteiger partial charge in [-0.15, -0.1) is 0 Å². The van der Waals surface area contributed by atoms with E-state index in [9.17, 15) is 9.59 Å². The summed E-state index contributed by atoms with van der Waals surface area (Å²) in [5.74, 6) is 0.591. The lowest BCUT2D eigenvalue weighted by Crippen LogP contribution is -2.41. The molecule has 26 heavy (non-hydrogen) atoms. The van der Waals surface area contributed by atoms with Crippen molar-refractivity contribution in [3.63, 3.8) is 0 Å². The van der Waals surface area contributed by atoms with E-state index < -0.39 is 0 Å². The molecule has 1 aromatic carbocycles. The van der Waals surface area contributed by atoms with Crippen LogP contribution >= 0.6 is 0 Å². The fourth-order valence-electron chi connectivity index (χ4n) is 3.50. The van der Waals surface area contributed by atoms with Gasteiger partial charge in [-0.05, 0) is 13.0 Å². The number of carbonyl (C=O) groups is 2. The summed E-state index contributed by atoms with van der Waals surface area (Å²) in [5, 5.41) is 0.919. The highest BCUT2D eigenvalue weighted by Crippen LogP contribution is 2.28. The van der Waals surface area contributed by atoms with Gasteiger partial charge in [0.2, 0.25) is 0 Å². The van der Waals surface area contributed by atoms with Gasteiger partial charge in [0.1, 0.15) is 11.5 Å². The molecule has 134 valence electrons. The Kier molecular flexibility index (Phi) is 3.79. The molecule has 1 aliphatic heterocycles. The summed E-state index contributed by atoms with van der Waals surface area (Å²) in [5.41, 5.74) is 2.02. The molecular formula is C19H21N5O2. The lowest BCUT2D eigenvalue weighted by molar-refractivity contribution is 0.0640.